The summed E-state index contributed by atoms with van der Waals surface area (Å²) in [4.78, 5) is 4.12. The first-order valence-corrected chi connectivity index (χ1v) is 6.77. The van der Waals surface area contributed by atoms with Gasteiger partial charge in [-0.25, -0.2) is 0 Å². The van der Waals surface area contributed by atoms with E-state index in [2.05, 4.69) is 10.1 Å². The predicted octanol–water partition coefficient (Wildman–Crippen LogP) is 3.25. The zero-order chi connectivity index (χ0) is 15.2. The van der Waals surface area contributed by atoms with E-state index >= 15 is 0 Å². The molecule has 1 aromatic heterocycles. The monoisotopic (exact) mass is 307 g/mol. The number of hydrogen-bond donors (Lipinski definition) is 0. The van der Waals surface area contributed by atoms with Crippen LogP contribution in [0.3, 0.4) is 0 Å². The Morgan fingerprint density at radius 1 is 1.43 bits per heavy atom. The molecular weight excluding hydrogens is 294 g/mol. The molecule has 0 aliphatic heterocycles. The number of benzene rings is 1. The molecular formula is C14H14ClN3O3. The van der Waals surface area contributed by atoms with Crippen molar-refractivity contribution in [3.05, 3.63) is 23.0 Å². The zero-order valence-electron chi connectivity index (χ0n) is 11.7. The van der Waals surface area contributed by atoms with E-state index in [1.54, 1.807) is 12.1 Å². The van der Waals surface area contributed by atoms with E-state index in [1.807, 2.05) is 13.0 Å². The fraction of sp³-hybridized carbons (Fsp3) is 0.357. The van der Waals surface area contributed by atoms with Gasteiger partial charge in [-0.2, -0.15) is 10.2 Å². The quantitative estimate of drug-likeness (QED) is 0.814. The molecule has 2 rings (SSSR count). The zero-order valence-corrected chi connectivity index (χ0v) is 12.5. The summed E-state index contributed by atoms with van der Waals surface area (Å²) >= 11 is 6.22. The molecule has 2 aromatic rings. The molecule has 1 aromatic carbocycles. The highest BCUT2D eigenvalue weighted by Gasteiger charge is 2.16. The van der Waals surface area contributed by atoms with Gasteiger partial charge in [0, 0.05) is 5.56 Å². The smallest absolute Gasteiger partial charge is 0.241 e. The van der Waals surface area contributed by atoms with Crippen LogP contribution in [0.25, 0.3) is 11.4 Å². The molecule has 21 heavy (non-hydrogen) atoms. The first-order valence-electron chi connectivity index (χ1n) is 6.39. The average Bonchev–Trinajstić information content (AvgIpc) is 2.94. The summed E-state index contributed by atoms with van der Waals surface area (Å²) in [6, 6.07) is 5.34. The standard InChI is InChI=1S/C14H14ClN3O3/c1-3-6-20-13-10(15)7-9(8-11(13)19-2)14-17-12(4-5-16)21-18-14/h7-8H,3-4,6H2,1-2H3. The third-order valence-electron chi connectivity index (χ3n) is 2.64. The highest BCUT2D eigenvalue weighted by molar-refractivity contribution is 6.32. The maximum Gasteiger partial charge on any atom is 0.241 e. The molecule has 1 heterocycles. The molecule has 0 atom stereocenters. The van der Waals surface area contributed by atoms with Gasteiger partial charge >= 0.3 is 0 Å². The molecule has 0 unspecified atom stereocenters. The molecule has 0 N–H and O–H groups in total. The van der Waals surface area contributed by atoms with Crippen molar-refractivity contribution in [2.24, 2.45) is 0 Å². The molecule has 0 radical (unpaired) electrons. The molecule has 6 nitrogen and oxygen atoms in total. The van der Waals surface area contributed by atoms with Crippen molar-refractivity contribution in [2.75, 3.05) is 13.7 Å². The summed E-state index contributed by atoms with van der Waals surface area (Å²) in [7, 11) is 1.53. The lowest BCUT2D eigenvalue weighted by atomic mass is 10.2. The summed E-state index contributed by atoms with van der Waals surface area (Å²) in [6.45, 7) is 2.55. The Hall–Kier alpha value is -2.26. The summed E-state index contributed by atoms with van der Waals surface area (Å²) in [5, 5.41) is 12.8. The Labute approximate surface area is 127 Å². The number of methoxy groups -OCH3 is 1. The largest absolute Gasteiger partial charge is 0.493 e. The number of nitrogens with zero attached hydrogens (tertiary/aromatic N) is 3. The van der Waals surface area contributed by atoms with Crippen LogP contribution in [-0.4, -0.2) is 23.9 Å². The lowest BCUT2D eigenvalue weighted by molar-refractivity contribution is 0.294. The second kappa shape index (κ2) is 6.95. The van der Waals surface area contributed by atoms with Crippen molar-refractivity contribution in [1.82, 2.24) is 10.1 Å². The Morgan fingerprint density at radius 2 is 2.24 bits per heavy atom. The van der Waals surface area contributed by atoms with E-state index < -0.39 is 0 Å². The van der Waals surface area contributed by atoms with Crippen molar-refractivity contribution in [1.29, 1.82) is 5.26 Å². The number of ether oxygens (including phenoxy) is 2. The van der Waals surface area contributed by atoms with Gasteiger partial charge in [-0.3, -0.25) is 0 Å². The van der Waals surface area contributed by atoms with Gasteiger partial charge in [0.2, 0.25) is 11.7 Å². The van der Waals surface area contributed by atoms with Gasteiger partial charge in [0.05, 0.1) is 24.8 Å². The minimum atomic E-state index is 0.0650. The fourth-order valence-electron chi connectivity index (χ4n) is 1.70. The highest BCUT2D eigenvalue weighted by atomic mass is 35.5. The van der Waals surface area contributed by atoms with Crippen LogP contribution in [-0.2, 0) is 6.42 Å². The number of halogens is 1. The van der Waals surface area contributed by atoms with E-state index in [0.29, 0.717) is 34.5 Å². The molecule has 0 saturated carbocycles. The van der Waals surface area contributed by atoms with Gasteiger partial charge in [-0.1, -0.05) is 23.7 Å². The number of nitriles is 1. The van der Waals surface area contributed by atoms with Gasteiger partial charge in [0.15, 0.2) is 11.5 Å². The molecule has 7 heteroatoms. The van der Waals surface area contributed by atoms with Gasteiger partial charge in [-0.05, 0) is 18.6 Å². The molecule has 0 aliphatic carbocycles. The van der Waals surface area contributed by atoms with Gasteiger partial charge in [-0.15, -0.1) is 0 Å². The lowest BCUT2D eigenvalue weighted by Gasteiger charge is -2.12. The number of hydrogen-bond acceptors (Lipinski definition) is 6. The Morgan fingerprint density at radius 3 is 2.90 bits per heavy atom. The summed E-state index contributed by atoms with van der Waals surface area (Å²) in [6.07, 6.45) is 0.930. The fourth-order valence-corrected chi connectivity index (χ4v) is 1.97. The SMILES string of the molecule is CCCOc1c(Cl)cc(-c2noc(CC#N)n2)cc1OC. The van der Waals surface area contributed by atoms with Crippen molar-refractivity contribution in [2.45, 2.75) is 19.8 Å². The van der Waals surface area contributed by atoms with E-state index in [4.69, 9.17) is 30.9 Å². The minimum absolute atomic E-state index is 0.0650. The van der Waals surface area contributed by atoms with Crippen molar-refractivity contribution >= 4 is 11.6 Å². The molecule has 0 fully saturated rings. The molecule has 0 saturated heterocycles. The Kier molecular flexibility index (Phi) is 5.01. The third kappa shape index (κ3) is 3.44. The van der Waals surface area contributed by atoms with Crippen LogP contribution in [0.15, 0.2) is 16.7 Å². The van der Waals surface area contributed by atoms with E-state index in [9.17, 15) is 0 Å². The van der Waals surface area contributed by atoms with Crippen molar-refractivity contribution < 1.29 is 14.0 Å². The second-order valence-electron chi connectivity index (χ2n) is 4.18. The summed E-state index contributed by atoms with van der Waals surface area (Å²) in [5.41, 5.74) is 0.633. The van der Waals surface area contributed by atoms with Gasteiger partial charge < -0.3 is 14.0 Å². The molecule has 0 amide bonds. The van der Waals surface area contributed by atoms with Crippen LogP contribution < -0.4 is 9.47 Å². The van der Waals surface area contributed by atoms with Gasteiger partial charge in [0.1, 0.15) is 6.42 Å². The Balaban J connectivity index is 2.36. The maximum atomic E-state index is 8.61. The van der Waals surface area contributed by atoms with Crippen LogP contribution in [0.1, 0.15) is 19.2 Å². The third-order valence-corrected chi connectivity index (χ3v) is 2.92. The average molecular weight is 308 g/mol. The van der Waals surface area contributed by atoms with Crippen LogP contribution >= 0.6 is 11.6 Å². The van der Waals surface area contributed by atoms with Crippen LogP contribution in [0.5, 0.6) is 11.5 Å². The van der Waals surface area contributed by atoms with E-state index in [-0.39, 0.29) is 12.3 Å². The van der Waals surface area contributed by atoms with Crippen LogP contribution in [0, 0.1) is 11.3 Å². The van der Waals surface area contributed by atoms with Crippen molar-refractivity contribution in [3.63, 3.8) is 0 Å². The van der Waals surface area contributed by atoms with E-state index in [0.717, 1.165) is 6.42 Å². The molecule has 110 valence electrons. The summed E-state index contributed by atoms with van der Waals surface area (Å²) in [5.74, 6) is 1.60. The highest BCUT2D eigenvalue weighted by Crippen LogP contribution is 2.38. The molecule has 0 aliphatic rings. The second-order valence-corrected chi connectivity index (χ2v) is 4.59. The molecule has 0 spiro atoms. The van der Waals surface area contributed by atoms with Crippen LogP contribution in [0.4, 0.5) is 0 Å². The lowest BCUT2D eigenvalue weighted by Crippen LogP contribution is -1.99. The number of aromatic nitrogens is 2. The number of rotatable bonds is 6. The van der Waals surface area contributed by atoms with Crippen molar-refractivity contribution in [3.8, 4) is 29.0 Å². The normalized spacial score (nSPS) is 10.2. The Bertz CT molecular complexity index is 664. The minimum Gasteiger partial charge on any atom is -0.493 e. The van der Waals surface area contributed by atoms with E-state index in [1.165, 1.54) is 7.11 Å². The maximum absolute atomic E-state index is 8.61. The first-order chi connectivity index (χ1) is 10.2. The topological polar surface area (TPSA) is 81.2 Å². The summed E-state index contributed by atoms with van der Waals surface area (Å²) < 4.78 is 15.8. The predicted molar refractivity (Wildman–Crippen MR) is 76.4 cm³/mol. The first kappa shape index (κ1) is 15.1. The molecule has 0 bridgehead atoms. The van der Waals surface area contributed by atoms with Gasteiger partial charge in [0.25, 0.3) is 0 Å². The van der Waals surface area contributed by atoms with Crippen LogP contribution in [0.2, 0.25) is 5.02 Å².